The topological polar surface area (TPSA) is 68.0 Å². The first-order valence-electron chi connectivity index (χ1n) is 5.05. The lowest BCUT2D eigenvalue weighted by atomic mass is 10.2. The monoisotopic (exact) mass is 309 g/mol. The van der Waals surface area contributed by atoms with Crippen molar-refractivity contribution in [2.24, 2.45) is 0 Å². The number of nitrogens with one attached hydrogen (secondary N) is 1. The van der Waals surface area contributed by atoms with Gasteiger partial charge in [0.1, 0.15) is 11.6 Å². The molecule has 1 heterocycles. The van der Waals surface area contributed by atoms with Crippen LogP contribution in [0.15, 0.2) is 41.0 Å². The zero-order valence-corrected chi connectivity index (χ0v) is 10.7. The van der Waals surface area contributed by atoms with Crippen LogP contribution < -0.4 is 11.1 Å². The third-order valence-electron chi connectivity index (χ3n) is 2.22. The van der Waals surface area contributed by atoms with Crippen molar-refractivity contribution in [1.29, 1.82) is 0 Å². The van der Waals surface area contributed by atoms with Gasteiger partial charge in [0.05, 0.1) is 17.4 Å². The zero-order chi connectivity index (χ0) is 13.1. The van der Waals surface area contributed by atoms with Gasteiger partial charge >= 0.3 is 0 Å². The highest BCUT2D eigenvalue weighted by Gasteiger charge is 2.15. The van der Waals surface area contributed by atoms with Gasteiger partial charge in [-0.25, -0.2) is 9.37 Å². The fourth-order valence-corrected chi connectivity index (χ4v) is 1.89. The van der Waals surface area contributed by atoms with Gasteiger partial charge in [-0.1, -0.05) is 6.07 Å². The molecule has 0 saturated carbocycles. The van der Waals surface area contributed by atoms with E-state index in [9.17, 15) is 9.18 Å². The van der Waals surface area contributed by atoms with Gasteiger partial charge in [0.2, 0.25) is 0 Å². The van der Waals surface area contributed by atoms with E-state index < -0.39 is 11.7 Å². The number of anilines is 2. The summed E-state index contributed by atoms with van der Waals surface area (Å²) in [5, 5.41) is 2.49. The number of nitrogen functional groups attached to an aromatic ring is 1. The second-order valence-corrected chi connectivity index (χ2v) is 4.38. The largest absolute Gasteiger partial charge is 0.397 e. The van der Waals surface area contributed by atoms with E-state index in [1.54, 1.807) is 18.2 Å². The quantitative estimate of drug-likeness (QED) is 0.896. The molecule has 0 aliphatic rings. The number of amides is 1. The van der Waals surface area contributed by atoms with Gasteiger partial charge in [-0.3, -0.25) is 4.79 Å². The highest BCUT2D eigenvalue weighted by Crippen LogP contribution is 2.20. The van der Waals surface area contributed by atoms with E-state index in [0.29, 0.717) is 16.0 Å². The lowest BCUT2D eigenvalue weighted by Gasteiger charge is -2.07. The summed E-state index contributed by atoms with van der Waals surface area (Å²) in [5.74, 6) is -0.862. The number of carbonyl (C=O) groups excluding carboxylic acids is 1. The van der Waals surface area contributed by atoms with E-state index in [-0.39, 0.29) is 5.56 Å². The normalized spacial score (nSPS) is 10.1. The summed E-state index contributed by atoms with van der Waals surface area (Å²) in [5.41, 5.74) is 5.90. The van der Waals surface area contributed by atoms with Crippen LogP contribution in [0.25, 0.3) is 0 Å². The Kier molecular flexibility index (Phi) is 3.57. The average Bonchev–Trinajstić information content (AvgIpc) is 2.32. The summed E-state index contributed by atoms with van der Waals surface area (Å²) in [6.45, 7) is 0. The number of nitrogens with two attached hydrogens (primary N) is 1. The third-order valence-corrected chi connectivity index (χ3v) is 2.88. The molecule has 1 aromatic carbocycles. The molecule has 0 fully saturated rings. The van der Waals surface area contributed by atoms with Gasteiger partial charge in [-0.05, 0) is 40.2 Å². The molecule has 4 nitrogen and oxygen atoms in total. The lowest BCUT2D eigenvalue weighted by molar-refractivity contribution is 0.102. The Labute approximate surface area is 111 Å². The Morgan fingerprint density at radius 1 is 1.33 bits per heavy atom. The summed E-state index contributed by atoms with van der Waals surface area (Å²) >= 11 is 3.13. The number of benzene rings is 1. The van der Waals surface area contributed by atoms with E-state index in [1.165, 1.54) is 18.3 Å². The van der Waals surface area contributed by atoms with Gasteiger partial charge in [-0.2, -0.15) is 0 Å². The Hall–Kier alpha value is -1.95. The van der Waals surface area contributed by atoms with Crippen LogP contribution in [0.3, 0.4) is 0 Å². The molecule has 6 heteroatoms. The number of hydrogen-bond donors (Lipinski definition) is 2. The summed E-state index contributed by atoms with van der Waals surface area (Å²) in [6.07, 6.45) is 1.41. The van der Waals surface area contributed by atoms with Crippen LogP contribution >= 0.6 is 15.9 Å². The number of rotatable bonds is 2. The van der Waals surface area contributed by atoms with Gasteiger partial charge in [0, 0.05) is 4.47 Å². The fourth-order valence-electron chi connectivity index (χ4n) is 1.37. The predicted molar refractivity (Wildman–Crippen MR) is 70.7 cm³/mol. The van der Waals surface area contributed by atoms with Crippen molar-refractivity contribution in [2.45, 2.75) is 0 Å². The molecule has 0 aliphatic heterocycles. The van der Waals surface area contributed by atoms with Crippen LogP contribution in [0.2, 0.25) is 0 Å². The Morgan fingerprint density at radius 3 is 2.72 bits per heavy atom. The van der Waals surface area contributed by atoms with Crippen molar-refractivity contribution in [2.75, 3.05) is 11.1 Å². The molecule has 18 heavy (non-hydrogen) atoms. The first-order chi connectivity index (χ1) is 8.58. The van der Waals surface area contributed by atoms with E-state index in [1.807, 2.05) is 0 Å². The minimum atomic E-state index is -0.600. The Bertz CT molecular complexity index is 566. The summed E-state index contributed by atoms with van der Waals surface area (Å²) in [4.78, 5) is 15.8. The SMILES string of the molecule is Nc1ccc(NC(=O)c2c(F)cccc2Br)nc1. The van der Waals surface area contributed by atoms with Crippen molar-refractivity contribution >= 4 is 33.3 Å². The van der Waals surface area contributed by atoms with E-state index in [4.69, 9.17) is 5.73 Å². The maximum Gasteiger partial charge on any atom is 0.260 e. The molecule has 0 atom stereocenters. The van der Waals surface area contributed by atoms with Gasteiger partial charge in [0.15, 0.2) is 0 Å². The second-order valence-electron chi connectivity index (χ2n) is 3.53. The number of pyridine rings is 1. The van der Waals surface area contributed by atoms with Crippen molar-refractivity contribution in [1.82, 2.24) is 4.98 Å². The first kappa shape index (κ1) is 12.5. The molecule has 3 N–H and O–H groups in total. The van der Waals surface area contributed by atoms with E-state index in [2.05, 4.69) is 26.2 Å². The first-order valence-corrected chi connectivity index (χ1v) is 5.84. The Morgan fingerprint density at radius 2 is 2.11 bits per heavy atom. The molecule has 2 aromatic rings. The summed E-state index contributed by atoms with van der Waals surface area (Å²) in [7, 11) is 0. The molecule has 1 aromatic heterocycles. The van der Waals surface area contributed by atoms with E-state index >= 15 is 0 Å². The molecule has 1 amide bonds. The smallest absolute Gasteiger partial charge is 0.260 e. The van der Waals surface area contributed by atoms with Crippen LogP contribution in [-0.4, -0.2) is 10.9 Å². The van der Waals surface area contributed by atoms with Gasteiger partial charge in [-0.15, -0.1) is 0 Å². The van der Waals surface area contributed by atoms with Crippen LogP contribution in [-0.2, 0) is 0 Å². The van der Waals surface area contributed by atoms with Crippen molar-refractivity contribution in [3.63, 3.8) is 0 Å². The molecular weight excluding hydrogens is 301 g/mol. The molecule has 0 radical (unpaired) electrons. The molecule has 0 saturated heterocycles. The number of nitrogens with zero attached hydrogens (tertiary/aromatic N) is 1. The molecular formula is C12H9BrFN3O. The summed E-state index contributed by atoms with van der Waals surface area (Å²) < 4.78 is 13.9. The molecule has 0 bridgehead atoms. The number of hydrogen-bond acceptors (Lipinski definition) is 3. The Balaban J connectivity index is 2.25. The minimum absolute atomic E-state index is 0.0591. The maximum atomic E-state index is 13.5. The van der Waals surface area contributed by atoms with Crippen LogP contribution in [0.1, 0.15) is 10.4 Å². The number of carbonyl (C=O) groups is 1. The van der Waals surface area contributed by atoms with Crippen molar-refractivity contribution < 1.29 is 9.18 Å². The highest BCUT2D eigenvalue weighted by molar-refractivity contribution is 9.10. The minimum Gasteiger partial charge on any atom is -0.397 e. The summed E-state index contributed by atoms with van der Waals surface area (Å²) in [6, 6.07) is 7.46. The molecule has 0 aliphatic carbocycles. The zero-order valence-electron chi connectivity index (χ0n) is 9.15. The lowest BCUT2D eigenvalue weighted by Crippen LogP contribution is -2.15. The van der Waals surface area contributed by atoms with Gasteiger partial charge < -0.3 is 11.1 Å². The average molecular weight is 310 g/mol. The van der Waals surface area contributed by atoms with E-state index in [0.717, 1.165) is 0 Å². The third kappa shape index (κ3) is 2.65. The molecule has 0 spiro atoms. The molecule has 2 rings (SSSR count). The van der Waals surface area contributed by atoms with Gasteiger partial charge in [0.25, 0.3) is 5.91 Å². The molecule has 92 valence electrons. The number of halogens is 2. The fraction of sp³-hybridized carbons (Fsp3) is 0. The maximum absolute atomic E-state index is 13.5. The molecule has 0 unspecified atom stereocenters. The van der Waals surface area contributed by atoms with Crippen LogP contribution in [0, 0.1) is 5.82 Å². The van der Waals surface area contributed by atoms with Crippen molar-refractivity contribution in [3.8, 4) is 0 Å². The van der Waals surface area contributed by atoms with Crippen molar-refractivity contribution in [3.05, 3.63) is 52.4 Å². The second kappa shape index (κ2) is 5.14. The van der Waals surface area contributed by atoms with Crippen LogP contribution in [0.5, 0.6) is 0 Å². The predicted octanol–water partition coefficient (Wildman–Crippen LogP) is 2.82. The highest BCUT2D eigenvalue weighted by atomic mass is 79.9. The number of aromatic nitrogens is 1. The standard InChI is InChI=1S/C12H9BrFN3O/c13-8-2-1-3-9(14)11(8)12(18)17-10-5-4-7(15)6-16-10/h1-6H,15H2,(H,16,17,18). The van der Waals surface area contributed by atoms with Crippen LogP contribution in [0.4, 0.5) is 15.9 Å².